The molecule has 5 nitrogen and oxygen atoms in total. The van der Waals surface area contributed by atoms with Crippen molar-refractivity contribution in [3.63, 3.8) is 0 Å². The molecule has 128 valence electrons. The number of hydrogen-bond acceptors (Lipinski definition) is 4. The first-order valence-electron chi connectivity index (χ1n) is 8.26. The van der Waals surface area contributed by atoms with E-state index in [1.807, 2.05) is 43.3 Å². The van der Waals surface area contributed by atoms with Crippen LogP contribution in [0.15, 0.2) is 47.4 Å². The van der Waals surface area contributed by atoms with Gasteiger partial charge in [-0.25, -0.2) is 0 Å². The smallest absolute Gasteiger partial charge is 0.258 e. The number of thioether (sulfide) groups is 1. The summed E-state index contributed by atoms with van der Waals surface area (Å²) >= 11 is 1.63. The number of carbonyl (C=O) groups is 2. The van der Waals surface area contributed by atoms with Crippen LogP contribution in [0, 0.1) is 0 Å². The molecule has 1 atom stereocenters. The number of para-hydroxylation sites is 2. The highest BCUT2D eigenvalue weighted by molar-refractivity contribution is 7.99. The second-order valence-corrected chi connectivity index (χ2v) is 7.31. The molecule has 2 amide bonds. The topological polar surface area (TPSA) is 58.6 Å². The number of nitrogens with zero attached hydrogens (tertiary/aromatic N) is 1. The molecule has 25 heavy (non-hydrogen) atoms. The Labute approximate surface area is 150 Å². The molecule has 0 saturated heterocycles. The van der Waals surface area contributed by atoms with Crippen LogP contribution in [-0.2, 0) is 4.79 Å². The van der Waals surface area contributed by atoms with Crippen LogP contribution in [0.3, 0.4) is 0 Å². The molecule has 2 aromatic rings. The number of ether oxygens (including phenoxy) is 1. The Morgan fingerprint density at radius 2 is 2.12 bits per heavy atom. The van der Waals surface area contributed by atoms with Crippen molar-refractivity contribution in [3.8, 4) is 5.75 Å². The van der Waals surface area contributed by atoms with Gasteiger partial charge in [0.25, 0.3) is 5.91 Å². The average Bonchev–Trinajstić information content (AvgIpc) is 2.80. The molecule has 1 unspecified atom stereocenters. The maximum Gasteiger partial charge on any atom is 0.258 e. The SMILES string of the molecule is CC1CN(C(=O)c2ccc3c(c2)NC(=O)CCS3)c2ccccc2O1. The number of carbonyl (C=O) groups excluding carboxylic acids is 2. The van der Waals surface area contributed by atoms with Crippen molar-refractivity contribution in [1.29, 1.82) is 0 Å². The highest BCUT2D eigenvalue weighted by atomic mass is 32.2. The van der Waals surface area contributed by atoms with E-state index < -0.39 is 0 Å². The number of amides is 2. The molecule has 2 aromatic carbocycles. The van der Waals surface area contributed by atoms with Crippen LogP contribution in [0.1, 0.15) is 23.7 Å². The lowest BCUT2D eigenvalue weighted by Gasteiger charge is -2.33. The molecule has 0 bridgehead atoms. The molecular weight excluding hydrogens is 336 g/mol. The maximum atomic E-state index is 13.1. The van der Waals surface area contributed by atoms with Gasteiger partial charge in [0.15, 0.2) is 0 Å². The van der Waals surface area contributed by atoms with Gasteiger partial charge in [0.05, 0.1) is 17.9 Å². The molecular formula is C19H18N2O3S. The van der Waals surface area contributed by atoms with Gasteiger partial charge in [-0.1, -0.05) is 12.1 Å². The van der Waals surface area contributed by atoms with Gasteiger partial charge in [-0.05, 0) is 37.3 Å². The number of fused-ring (bicyclic) bond motifs is 2. The Hall–Kier alpha value is -2.47. The van der Waals surface area contributed by atoms with Crippen molar-refractivity contribution in [2.45, 2.75) is 24.3 Å². The summed E-state index contributed by atoms with van der Waals surface area (Å²) in [6.07, 6.45) is 0.409. The highest BCUT2D eigenvalue weighted by Gasteiger charge is 2.28. The summed E-state index contributed by atoms with van der Waals surface area (Å²) in [4.78, 5) is 27.7. The van der Waals surface area contributed by atoms with Gasteiger partial charge >= 0.3 is 0 Å². The second kappa shape index (κ2) is 6.44. The Morgan fingerprint density at radius 3 is 3.00 bits per heavy atom. The van der Waals surface area contributed by atoms with Crippen LogP contribution in [0.25, 0.3) is 0 Å². The van der Waals surface area contributed by atoms with Crippen molar-refractivity contribution in [3.05, 3.63) is 48.0 Å². The third-order valence-electron chi connectivity index (χ3n) is 4.26. The van der Waals surface area contributed by atoms with Crippen LogP contribution < -0.4 is 15.0 Å². The predicted molar refractivity (Wildman–Crippen MR) is 98.6 cm³/mol. The molecule has 0 fully saturated rings. The van der Waals surface area contributed by atoms with Gasteiger partial charge in [0.1, 0.15) is 11.9 Å². The summed E-state index contributed by atoms with van der Waals surface area (Å²) in [5, 5.41) is 2.89. The summed E-state index contributed by atoms with van der Waals surface area (Å²) in [5.74, 6) is 1.36. The third-order valence-corrected chi connectivity index (χ3v) is 5.33. The van der Waals surface area contributed by atoms with E-state index in [0.29, 0.717) is 30.0 Å². The van der Waals surface area contributed by atoms with Crippen LogP contribution >= 0.6 is 11.8 Å². The average molecular weight is 354 g/mol. The third kappa shape index (κ3) is 3.09. The molecule has 0 radical (unpaired) electrons. The van der Waals surface area contributed by atoms with E-state index in [9.17, 15) is 9.59 Å². The number of hydrogen-bond donors (Lipinski definition) is 1. The number of benzene rings is 2. The van der Waals surface area contributed by atoms with E-state index in [1.54, 1.807) is 22.7 Å². The number of anilines is 2. The Balaban J connectivity index is 1.69. The lowest BCUT2D eigenvalue weighted by molar-refractivity contribution is -0.115. The van der Waals surface area contributed by atoms with Crippen molar-refractivity contribution in [2.24, 2.45) is 0 Å². The summed E-state index contributed by atoms with van der Waals surface area (Å²) in [6.45, 7) is 2.44. The normalized spacial score (nSPS) is 19.2. The fourth-order valence-corrected chi connectivity index (χ4v) is 4.03. The molecule has 0 aliphatic carbocycles. The molecule has 6 heteroatoms. The zero-order valence-electron chi connectivity index (χ0n) is 13.8. The summed E-state index contributed by atoms with van der Waals surface area (Å²) in [5.41, 5.74) is 2.05. The zero-order chi connectivity index (χ0) is 17.4. The minimum absolute atomic E-state index is 0.0128. The molecule has 1 N–H and O–H groups in total. The molecule has 4 rings (SSSR count). The van der Waals surface area contributed by atoms with Crippen LogP contribution in [-0.4, -0.2) is 30.2 Å². The van der Waals surface area contributed by atoms with E-state index in [4.69, 9.17) is 4.74 Å². The van der Waals surface area contributed by atoms with Crippen molar-refractivity contribution < 1.29 is 14.3 Å². The molecule has 0 saturated carbocycles. The summed E-state index contributed by atoms with van der Waals surface area (Å²) < 4.78 is 5.81. The second-order valence-electron chi connectivity index (χ2n) is 6.17. The monoisotopic (exact) mass is 354 g/mol. The van der Waals surface area contributed by atoms with Crippen LogP contribution in [0.2, 0.25) is 0 Å². The van der Waals surface area contributed by atoms with Crippen LogP contribution in [0.4, 0.5) is 11.4 Å². The van der Waals surface area contributed by atoms with Crippen molar-refractivity contribution in [2.75, 3.05) is 22.5 Å². The van der Waals surface area contributed by atoms with Crippen molar-refractivity contribution in [1.82, 2.24) is 0 Å². The molecule has 0 spiro atoms. The Morgan fingerprint density at radius 1 is 1.28 bits per heavy atom. The Bertz CT molecular complexity index is 852. The van der Waals surface area contributed by atoms with Gasteiger partial charge < -0.3 is 15.0 Å². The summed E-state index contributed by atoms with van der Waals surface area (Å²) in [6, 6.07) is 13.1. The molecule has 2 aliphatic heterocycles. The molecule has 2 heterocycles. The minimum Gasteiger partial charge on any atom is -0.487 e. The minimum atomic E-state index is -0.0890. The fraction of sp³-hybridized carbons (Fsp3) is 0.263. The maximum absolute atomic E-state index is 13.1. The van der Waals surface area contributed by atoms with E-state index >= 15 is 0 Å². The lowest BCUT2D eigenvalue weighted by atomic mass is 10.1. The predicted octanol–water partition coefficient (Wildman–Crippen LogP) is 3.55. The van der Waals surface area contributed by atoms with Gasteiger partial charge in [-0.3, -0.25) is 9.59 Å². The van der Waals surface area contributed by atoms with Gasteiger partial charge in [-0.2, -0.15) is 0 Å². The van der Waals surface area contributed by atoms with Crippen LogP contribution in [0.5, 0.6) is 5.75 Å². The van der Waals surface area contributed by atoms with E-state index in [1.165, 1.54) is 0 Å². The summed E-state index contributed by atoms with van der Waals surface area (Å²) in [7, 11) is 0. The molecule has 2 aliphatic rings. The zero-order valence-corrected chi connectivity index (χ0v) is 14.6. The fourth-order valence-electron chi connectivity index (χ4n) is 3.09. The van der Waals surface area contributed by atoms with Gasteiger partial charge in [0.2, 0.25) is 5.91 Å². The Kier molecular flexibility index (Phi) is 4.13. The first kappa shape index (κ1) is 16.0. The van der Waals surface area contributed by atoms with Crippen molar-refractivity contribution >= 4 is 35.0 Å². The largest absolute Gasteiger partial charge is 0.487 e. The number of rotatable bonds is 1. The first-order valence-corrected chi connectivity index (χ1v) is 9.24. The standard InChI is InChI=1S/C19H18N2O3S/c1-12-11-21(15-4-2-3-5-16(15)24-12)19(23)13-6-7-17-14(10-13)20-18(22)8-9-25-17/h2-7,10,12H,8-9,11H2,1H3,(H,20,22). The quantitative estimate of drug-likeness (QED) is 0.851. The van der Waals surface area contributed by atoms with E-state index in [2.05, 4.69) is 5.32 Å². The van der Waals surface area contributed by atoms with E-state index in [0.717, 1.165) is 16.3 Å². The number of nitrogens with one attached hydrogen (secondary N) is 1. The highest BCUT2D eigenvalue weighted by Crippen LogP contribution is 2.35. The lowest BCUT2D eigenvalue weighted by Crippen LogP contribution is -2.42. The first-order chi connectivity index (χ1) is 12.1. The van der Waals surface area contributed by atoms with E-state index in [-0.39, 0.29) is 17.9 Å². The van der Waals surface area contributed by atoms with Gasteiger partial charge in [0, 0.05) is 22.6 Å². The van der Waals surface area contributed by atoms with Gasteiger partial charge in [-0.15, -0.1) is 11.8 Å². The molecule has 0 aromatic heterocycles.